The number of hydrogen-bond acceptors (Lipinski definition) is 5. The second-order valence-corrected chi connectivity index (χ2v) is 6.42. The Morgan fingerprint density at radius 3 is 2.70 bits per heavy atom. The minimum absolute atomic E-state index is 0.0793. The second kappa shape index (κ2) is 9.33. The van der Waals surface area contributed by atoms with Crippen molar-refractivity contribution in [3.05, 3.63) is 50.7 Å². The Kier molecular flexibility index (Phi) is 7.14. The highest BCUT2D eigenvalue weighted by atomic mass is 32.1. The number of thiocarbonyl (C=S) groups is 1. The third-order valence-electron chi connectivity index (χ3n) is 4.08. The summed E-state index contributed by atoms with van der Waals surface area (Å²) < 4.78 is 6.49. The van der Waals surface area contributed by atoms with E-state index in [2.05, 4.69) is 10.3 Å². The zero-order valence-electron chi connectivity index (χ0n) is 15.7. The molecule has 0 aliphatic carbocycles. The monoisotopic (exact) mass is 391 g/mol. The van der Waals surface area contributed by atoms with E-state index in [9.17, 15) is 9.59 Å². The molecule has 4 N–H and O–H groups in total. The van der Waals surface area contributed by atoms with Crippen LogP contribution < -0.4 is 27.2 Å². The summed E-state index contributed by atoms with van der Waals surface area (Å²) in [5, 5.41) is 3.44. The van der Waals surface area contributed by atoms with Crippen LogP contribution in [0.5, 0.6) is 0 Å². The van der Waals surface area contributed by atoms with Gasteiger partial charge in [0.05, 0.1) is 6.61 Å². The first-order chi connectivity index (χ1) is 12.9. The Morgan fingerprint density at radius 1 is 1.37 bits per heavy atom. The lowest BCUT2D eigenvalue weighted by Crippen LogP contribution is -2.44. The molecule has 0 unspecified atom stereocenters. The number of aromatic amines is 1. The van der Waals surface area contributed by atoms with E-state index in [-0.39, 0.29) is 11.5 Å². The topological polar surface area (TPSA) is 105 Å². The summed E-state index contributed by atoms with van der Waals surface area (Å²) >= 11 is 5.54. The second-order valence-electron chi connectivity index (χ2n) is 6.03. The average molecular weight is 391 g/mol. The van der Waals surface area contributed by atoms with Gasteiger partial charge in [0.1, 0.15) is 5.82 Å². The van der Waals surface area contributed by atoms with Crippen LogP contribution in [0.15, 0.2) is 33.9 Å². The van der Waals surface area contributed by atoms with E-state index >= 15 is 0 Å². The summed E-state index contributed by atoms with van der Waals surface area (Å²) in [6, 6.07) is 7.66. The van der Waals surface area contributed by atoms with Crippen LogP contribution >= 0.6 is 12.2 Å². The number of benzene rings is 1. The number of anilines is 3. The maximum absolute atomic E-state index is 12.5. The number of aryl methyl sites for hydroxylation is 1. The fraction of sp³-hybridized carbons (Fsp3) is 0.389. The molecule has 146 valence electrons. The number of nitrogens with two attached hydrogens (primary N) is 1. The molecule has 8 nitrogen and oxygen atoms in total. The molecule has 2 rings (SSSR count). The molecule has 0 atom stereocenters. The van der Waals surface area contributed by atoms with Crippen LogP contribution in [0.1, 0.15) is 18.9 Å². The predicted molar refractivity (Wildman–Crippen MR) is 113 cm³/mol. The normalized spacial score (nSPS) is 10.6. The lowest BCUT2D eigenvalue weighted by Gasteiger charge is -2.27. The Labute approximate surface area is 163 Å². The number of hydrogen-bond donors (Lipinski definition) is 3. The number of nitrogens with one attached hydrogen (secondary N) is 2. The molecule has 1 aromatic heterocycles. The Bertz CT molecular complexity index is 922. The average Bonchev–Trinajstić information content (AvgIpc) is 2.63. The van der Waals surface area contributed by atoms with Crippen molar-refractivity contribution in [2.45, 2.75) is 26.8 Å². The lowest BCUT2D eigenvalue weighted by atomic mass is 10.2. The SMILES string of the molecule is CCCn1c(N)c(N(CCOC)C(=S)Nc2ccccc2C)c(=O)[nH]c1=O. The Balaban J connectivity index is 2.49. The minimum atomic E-state index is -0.588. The molecule has 1 heterocycles. The largest absolute Gasteiger partial charge is 0.383 e. The molecule has 9 heteroatoms. The summed E-state index contributed by atoms with van der Waals surface area (Å²) in [4.78, 5) is 28.5. The number of nitrogens with zero attached hydrogens (tertiary/aromatic N) is 2. The van der Waals surface area contributed by atoms with Gasteiger partial charge in [-0.2, -0.15) is 0 Å². The standard InChI is InChI=1S/C18H25N5O3S/c1-4-9-23-15(19)14(16(24)21-17(23)25)22(10-11-26-3)18(27)20-13-8-6-5-7-12(13)2/h5-8H,4,9-11,19H2,1-3H3,(H,20,27)(H,21,24,25). The van der Waals surface area contributed by atoms with Gasteiger partial charge in [-0.05, 0) is 37.2 Å². The van der Waals surface area contributed by atoms with Gasteiger partial charge in [0, 0.05) is 25.9 Å². The van der Waals surface area contributed by atoms with Crippen molar-refractivity contribution in [3.8, 4) is 0 Å². The van der Waals surface area contributed by atoms with Crippen molar-refractivity contribution in [1.29, 1.82) is 0 Å². The van der Waals surface area contributed by atoms with Crippen molar-refractivity contribution in [3.63, 3.8) is 0 Å². The maximum atomic E-state index is 12.5. The third-order valence-corrected chi connectivity index (χ3v) is 4.40. The minimum Gasteiger partial charge on any atom is -0.383 e. The quantitative estimate of drug-likeness (QED) is 0.617. The summed E-state index contributed by atoms with van der Waals surface area (Å²) in [7, 11) is 1.56. The van der Waals surface area contributed by atoms with Gasteiger partial charge in [-0.1, -0.05) is 25.1 Å². The number of rotatable bonds is 7. The fourth-order valence-electron chi connectivity index (χ4n) is 2.68. The van der Waals surface area contributed by atoms with Gasteiger partial charge >= 0.3 is 5.69 Å². The van der Waals surface area contributed by atoms with Gasteiger partial charge in [-0.15, -0.1) is 0 Å². The summed E-state index contributed by atoms with van der Waals surface area (Å²) in [6.07, 6.45) is 0.694. The van der Waals surface area contributed by atoms with Crippen molar-refractivity contribution in [2.75, 3.05) is 36.2 Å². The molecular weight excluding hydrogens is 366 g/mol. The van der Waals surface area contributed by atoms with E-state index in [1.165, 1.54) is 4.57 Å². The Morgan fingerprint density at radius 2 is 2.07 bits per heavy atom. The smallest absolute Gasteiger partial charge is 0.330 e. The molecule has 0 amide bonds. The van der Waals surface area contributed by atoms with Gasteiger partial charge in [0.25, 0.3) is 5.56 Å². The Hall–Kier alpha value is -2.65. The molecule has 0 bridgehead atoms. The zero-order chi connectivity index (χ0) is 20.0. The lowest BCUT2D eigenvalue weighted by molar-refractivity contribution is 0.208. The van der Waals surface area contributed by atoms with Gasteiger partial charge < -0.3 is 20.7 Å². The van der Waals surface area contributed by atoms with Crippen molar-refractivity contribution in [2.24, 2.45) is 0 Å². The molecule has 27 heavy (non-hydrogen) atoms. The molecule has 0 saturated carbocycles. The molecule has 2 aromatic rings. The van der Waals surface area contributed by atoms with E-state index in [0.29, 0.717) is 31.2 Å². The summed E-state index contributed by atoms with van der Waals surface area (Å²) in [5.41, 5.74) is 7.01. The molecule has 0 aliphatic rings. The van der Waals surface area contributed by atoms with E-state index in [1.807, 2.05) is 38.1 Å². The van der Waals surface area contributed by atoms with Crippen LogP contribution in [0.3, 0.4) is 0 Å². The predicted octanol–water partition coefficient (Wildman–Crippen LogP) is 1.69. The number of para-hydroxylation sites is 1. The molecule has 0 radical (unpaired) electrons. The van der Waals surface area contributed by atoms with E-state index in [1.54, 1.807) is 12.0 Å². The number of aromatic nitrogens is 2. The van der Waals surface area contributed by atoms with Gasteiger partial charge in [-0.25, -0.2) is 4.79 Å². The van der Waals surface area contributed by atoms with Crippen molar-refractivity contribution in [1.82, 2.24) is 9.55 Å². The van der Waals surface area contributed by atoms with Gasteiger partial charge in [-0.3, -0.25) is 14.3 Å². The first kappa shape index (κ1) is 20.7. The third kappa shape index (κ3) is 4.75. The van der Waals surface area contributed by atoms with Crippen LogP contribution in [-0.4, -0.2) is 34.9 Å². The summed E-state index contributed by atoms with van der Waals surface area (Å²) in [5.74, 6) is 0.0793. The number of nitrogen functional groups attached to an aromatic ring is 1. The summed E-state index contributed by atoms with van der Waals surface area (Å²) in [6.45, 7) is 4.88. The number of ether oxygens (including phenoxy) is 1. The van der Waals surface area contributed by atoms with E-state index < -0.39 is 11.2 Å². The first-order valence-electron chi connectivity index (χ1n) is 8.66. The van der Waals surface area contributed by atoms with Crippen molar-refractivity contribution < 1.29 is 4.74 Å². The number of H-pyrrole nitrogens is 1. The molecular formula is C18H25N5O3S. The molecule has 0 fully saturated rings. The van der Waals surface area contributed by atoms with Crippen LogP contribution in [0, 0.1) is 6.92 Å². The van der Waals surface area contributed by atoms with E-state index in [4.69, 9.17) is 22.7 Å². The van der Waals surface area contributed by atoms with Gasteiger partial charge in [0.2, 0.25) is 0 Å². The highest BCUT2D eigenvalue weighted by Gasteiger charge is 2.22. The van der Waals surface area contributed by atoms with Crippen LogP contribution in [0.25, 0.3) is 0 Å². The molecule has 0 aliphatic heterocycles. The van der Waals surface area contributed by atoms with Crippen molar-refractivity contribution >= 4 is 34.5 Å². The van der Waals surface area contributed by atoms with Crippen LogP contribution in [0.4, 0.5) is 17.2 Å². The first-order valence-corrected chi connectivity index (χ1v) is 9.07. The fourth-order valence-corrected chi connectivity index (χ4v) is 2.97. The van der Waals surface area contributed by atoms with E-state index in [0.717, 1.165) is 11.3 Å². The number of methoxy groups -OCH3 is 1. The zero-order valence-corrected chi connectivity index (χ0v) is 16.6. The van der Waals surface area contributed by atoms with Crippen LogP contribution in [0.2, 0.25) is 0 Å². The maximum Gasteiger partial charge on any atom is 0.330 e. The van der Waals surface area contributed by atoms with Gasteiger partial charge in [0.15, 0.2) is 10.8 Å². The molecule has 0 saturated heterocycles. The highest BCUT2D eigenvalue weighted by Crippen LogP contribution is 2.20. The highest BCUT2D eigenvalue weighted by molar-refractivity contribution is 7.80. The molecule has 0 spiro atoms. The van der Waals surface area contributed by atoms with Crippen LogP contribution in [-0.2, 0) is 11.3 Å². The molecule has 1 aromatic carbocycles.